The molecule has 0 saturated heterocycles. The maximum Gasteiger partial charge on any atom is 0.242 e. The lowest BCUT2D eigenvalue weighted by Crippen LogP contribution is -2.24. The molecule has 0 heterocycles. The lowest BCUT2D eigenvalue weighted by molar-refractivity contribution is 0.585. The first-order valence-corrected chi connectivity index (χ1v) is 6.89. The maximum absolute atomic E-state index is 11.8. The van der Waals surface area contributed by atoms with Crippen molar-refractivity contribution >= 4 is 43.2 Å². The number of sulfonamides is 1. The Morgan fingerprint density at radius 1 is 1.56 bits per heavy atom. The average Bonchev–Trinajstić information content (AvgIpc) is 2.20. The van der Waals surface area contributed by atoms with E-state index in [1.54, 1.807) is 0 Å². The van der Waals surface area contributed by atoms with Crippen molar-refractivity contribution in [3.05, 3.63) is 34.3 Å². The Kier molecular flexibility index (Phi) is 4.37. The van der Waals surface area contributed by atoms with Gasteiger partial charge in [-0.25, -0.2) is 13.1 Å². The molecule has 7 heteroatoms. The first-order valence-electron chi connectivity index (χ1n) is 4.23. The quantitative estimate of drug-likeness (QED) is 0.658. The fourth-order valence-corrected chi connectivity index (χ4v) is 3.31. The molecule has 1 aromatic rings. The van der Waals surface area contributed by atoms with E-state index in [0.29, 0.717) is 4.47 Å². The third-order valence-corrected chi connectivity index (χ3v) is 4.55. The Balaban J connectivity index is 3.27. The molecule has 0 atom stereocenters. The molecule has 0 fully saturated rings. The summed E-state index contributed by atoms with van der Waals surface area (Å²) in [4.78, 5) is 0.0133. The van der Waals surface area contributed by atoms with Crippen LogP contribution in [0.25, 0.3) is 0 Å². The fraction of sp³-hybridized carbons (Fsp3) is 0.111. The summed E-state index contributed by atoms with van der Waals surface area (Å²) >= 11 is 8.86. The Labute approximate surface area is 108 Å². The van der Waals surface area contributed by atoms with Crippen molar-refractivity contribution < 1.29 is 8.42 Å². The van der Waals surface area contributed by atoms with Gasteiger partial charge in [-0.15, -0.1) is 6.58 Å². The van der Waals surface area contributed by atoms with Crippen LogP contribution in [-0.4, -0.2) is 15.0 Å². The van der Waals surface area contributed by atoms with Crippen molar-refractivity contribution in [2.24, 2.45) is 0 Å². The first kappa shape index (κ1) is 13.5. The first-order chi connectivity index (χ1) is 7.38. The number of rotatable bonds is 4. The van der Waals surface area contributed by atoms with Gasteiger partial charge in [0.2, 0.25) is 10.0 Å². The molecule has 0 aromatic heterocycles. The van der Waals surface area contributed by atoms with Crippen LogP contribution in [0.3, 0.4) is 0 Å². The number of nitrogen functional groups attached to an aromatic ring is 1. The summed E-state index contributed by atoms with van der Waals surface area (Å²) < 4.78 is 26.3. The Morgan fingerprint density at radius 3 is 2.75 bits per heavy atom. The van der Waals surface area contributed by atoms with Crippen LogP contribution in [-0.2, 0) is 10.0 Å². The molecule has 0 bridgehead atoms. The van der Waals surface area contributed by atoms with E-state index in [1.165, 1.54) is 18.2 Å². The van der Waals surface area contributed by atoms with Crippen LogP contribution in [0.1, 0.15) is 0 Å². The summed E-state index contributed by atoms with van der Waals surface area (Å²) in [7, 11) is -3.63. The molecule has 0 spiro atoms. The van der Waals surface area contributed by atoms with Crippen LogP contribution in [0.2, 0.25) is 5.02 Å². The molecule has 1 aromatic carbocycles. The largest absolute Gasteiger partial charge is 0.398 e. The predicted molar refractivity (Wildman–Crippen MR) is 68.9 cm³/mol. The molecule has 88 valence electrons. The van der Waals surface area contributed by atoms with Gasteiger partial charge in [0.1, 0.15) is 0 Å². The molecular formula is C9H10BrClN2O2S. The van der Waals surface area contributed by atoms with E-state index >= 15 is 0 Å². The second kappa shape index (κ2) is 5.18. The molecular weight excluding hydrogens is 316 g/mol. The molecule has 4 nitrogen and oxygen atoms in total. The number of anilines is 1. The third kappa shape index (κ3) is 2.98. The Morgan fingerprint density at radius 2 is 2.19 bits per heavy atom. The number of nitrogens with one attached hydrogen (secondary N) is 1. The molecule has 0 amide bonds. The van der Waals surface area contributed by atoms with Gasteiger partial charge in [0.25, 0.3) is 0 Å². The van der Waals surface area contributed by atoms with E-state index in [0.717, 1.165) is 0 Å². The van der Waals surface area contributed by atoms with Gasteiger partial charge >= 0.3 is 0 Å². The average molecular weight is 326 g/mol. The van der Waals surface area contributed by atoms with E-state index in [9.17, 15) is 8.42 Å². The lowest BCUT2D eigenvalue weighted by Gasteiger charge is -2.09. The van der Waals surface area contributed by atoms with E-state index < -0.39 is 10.0 Å². The Hall–Kier alpha value is -0.560. The third-order valence-electron chi connectivity index (χ3n) is 1.74. The van der Waals surface area contributed by atoms with Crippen LogP contribution < -0.4 is 10.5 Å². The second-order valence-corrected chi connectivity index (χ2v) is 5.91. The summed E-state index contributed by atoms with van der Waals surface area (Å²) in [6.45, 7) is 3.57. The van der Waals surface area contributed by atoms with Crippen molar-refractivity contribution in [2.75, 3.05) is 12.3 Å². The number of hydrogen-bond donors (Lipinski definition) is 2. The standard InChI is InChI=1S/C9H10BrClN2O2S/c1-2-3-13-16(14,15)8-5-6(11)4-7(12)9(8)10/h2,4-5,13H,1,3,12H2. The highest BCUT2D eigenvalue weighted by Gasteiger charge is 2.19. The van der Waals surface area contributed by atoms with Gasteiger partial charge in [0.05, 0.1) is 9.37 Å². The zero-order valence-electron chi connectivity index (χ0n) is 8.20. The summed E-state index contributed by atoms with van der Waals surface area (Å²) in [5.74, 6) is 0. The zero-order chi connectivity index (χ0) is 12.3. The van der Waals surface area contributed by atoms with Crippen molar-refractivity contribution in [3.8, 4) is 0 Å². The number of halogens is 2. The summed E-state index contributed by atoms with van der Waals surface area (Å²) in [6, 6.07) is 2.80. The number of nitrogens with two attached hydrogens (primary N) is 1. The van der Waals surface area contributed by atoms with Crippen molar-refractivity contribution in [1.82, 2.24) is 4.72 Å². The van der Waals surface area contributed by atoms with Gasteiger partial charge < -0.3 is 5.73 Å². The molecule has 16 heavy (non-hydrogen) atoms. The molecule has 0 saturated carbocycles. The molecule has 0 aliphatic heterocycles. The van der Waals surface area contributed by atoms with Crippen LogP contribution in [0.15, 0.2) is 34.2 Å². The molecule has 3 N–H and O–H groups in total. The SMILES string of the molecule is C=CCNS(=O)(=O)c1cc(Cl)cc(N)c1Br. The molecule has 0 aliphatic rings. The van der Waals surface area contributed by atoms with E-state index in [1.807, 2.05) is 0 Å². The number of hydrogen-bond acceptors (Lipinski definition) is 3. The molecule has 0 aliphatic carbocycles. The van der Waals surface area contributed by atoms with Gasteiger partial charge in [-0.2, -0.15) is 0 Å². The zero-order valence-corrected chi connectivity index (χ0v) is 11.4. The van der Waals surface area contributed by atoms with Gasteiger partial charge in [0, 0.05) is 17.3 Å². The summed E-state index contributed by atoms with van der Waals surface area (Å²) in [6.07, 6.45) is 1.44. The lowest BCUT2D eigenvalue weighted by atomic mass is 10.3. The van der Waals surface area contributed by atoms with Crippen molar-refractivity contribution in [1.29, 1.82) is 0 Å². The molecule has 0 radical (unpaired) electrons. The highest BCUT2D eigenvalue weighted by atomic mass is 79.9. The smallest absolute Gasteiger partial charge is 0.242 e. The van der Waals surface area contributed by atoms with Gasteiger partial charge in [-0.3, -0.25) is 0 Å². The van der Waals surface area contributed by atoms with E-state index in [4.69, 9.17) is 17.3 Å². The van der Waals surface area contributed by atoms with Crippen LogP contribution in [0, 0.1) is 0 Å². The van der Waals surface area contributed by atoms with Gasteiger partial charge in [0.15, 0.2) is 0 Å². The second-order valence-electron chi connectivity index (χ2n) is 2.95. The Bertz CT molecular complexity index is 516. The molecule has 1 rings (SSSR count). The predicted octanol–water partition coefficient (Wildman–Crippen LogP) is 2.15. The fourth-order valence-electron chi connectivity index (χ4n) is 1.03. The van der Waals surface area contributed by atoms with Crippen molar-refractivity contribution in [3.63, 3.8) is 0 Å². The van der Waals surface area contributed by atoms with Crippen LogP contribution in [0.5, 0.6) is 0 Å². The minimum absolute atomic E-state index is 0.0133. The van der Waals surface area contributed by atoms with Crippen molar-refractivity contribution in [2.45, 2.75) is 4.90 Å². The minimum Gasteiger partial charge on any atom is -0.398 e. The van der Waals surface area contributed by atoms with Gasteiger partial charge in [-0.05, 0) is 28.1 Å². The minimum atomic E-state index is -3.63. The summed E-state index contributed by atoms with van der Waals surface area (Å²) in [5.41, 5.74) is 5.87. The van der Waals surface area contributed by atoms with Crippen LogP contribution in [0.4, 0.5) is 5.69 Å². The molecule has 0 unspecified atom stereocenters. The number of benzene rings is 1. The highest BCUT2D eigenvalue weighted by Crippen LogP contribution is 2.31. The summed E-state index contributed by atoms with van der Waals surface area (Å²) in [5, 5.41) is 0.264. The highest BCUT2D eigenvalue weighted by molar-refractivity contribution is 9.10. The van der Waals surface area contributed by atoms with E-state index in [2.05, 4.69) is 27.2 Å². The van der Waals surface area contributed by atoms with E-state index in [-0.39, 0.29) is 22.2 Å². The van der Waals surface area contributed by atoms with Gasteiger partial charge in [-0.1, -0.05) is 17.7 Å². The normalized spacial score (nSPS) is 11.4. The monoisotopic (exact) mass is 324 g/mol. The maximum atomic E-state index is 11.8. The van der Waals surface area contributed by atoms with Crippen LogP contribution >= 0.6 is 27.5 Å². The topological polar surface area (TPSA) is 72.2 Å².